The Morgan fingerprint density at radius 3 is 2.20 bits per heavy atom. The van der Waals surface area contributed by atoms with Crippen LogP contribution >= 0.6 is 0 Å². The molecule has 2 aromatic carbocycles. The third kappa shape index (κ3) is 5.19. The van der Waals surface area contributed by atoms with Crippen molar-refractivity contribution in [1.82, 2.24) is 10.2 Å². The number of carboxylic acids is 1. The fourth-order valence-electron chi connectivity index (χ4n) is 5.39. The minimum Gasteiger partial charge on any atom is -0.481 e. The topological polar surface area (TPSA) is 95.9 Å². The summed E-state index contributed by atoms with van der Waals surface area (Å²) < 4.78 is 5.62. The normalized spacial score (nSPS) is 20.2. The Labute approximate surface area is 206 Å². The van der Waals surface area contributed by atoms with Gasteiger partial charge in [-0.25, -0.2) is 4.79 Å². The van der Waals surface area contributed by atoms with Crippen LogP contribution in [0.5, 0.6) is 0 Å². The van der Waals surface area contributed by atoms with Gasteiger partial charge in [-0.2, -0.15) is 0 Å². The molecule has 1 aliphatic heterocycles. The molecule has 0 aromatic heterocycles. The second-order valence-corrected chi connectivity index (χ2v) is 10.00. The van der Waals surface area contributed by atoms with Crippen LogP contribution in [0.15, 0.2) is 48.5 Å². The lowest BCUT2D eigenvalue weighted by molar-refractivity contribution is -0.149. The predicted octanol–water partition coefficient (Wildman–Crippen LogP) is 4.51. The van der Waals surface area contributed by atoms with Crippen LogP contribution in [0.25, 0.3) is 11.1 Å². The highest BCUT2D eigenvalue weighted by Gasteiger charge is 2.36. The molecule has 35 heavy (non-hydrogen) atoms. The second-order valence-electron chi connectivity index (χ2n) is 10.00. The molecule has 7 nitrogen and oxygen atoms in total. The zero-order valence-electron chi connectivity index (χ0n) is 20.6. The number of fused-ring (bicyclic) bond motifs is 3. The molecule has 3 atom stereocenters. The van der Waals surface area contributed by atoms with Gasteiger partial charge in [-0.15, -0.1) is 0 Å². The van der Waals surface area contributed by atoms with E-state index in [2.05, 4.69) is 29.6 Å². The van der Waals surface area contributed by atoms with Gasteiger partial charge in [0.1, 0.15) is 6.61 Å². The van der Waals surface area contributed by atoms with E-state index in [0.29, 0.717) is 19.4 Å². The van der Waals surface area contributed by atoms with Crippen molar-refractivity contribution < 1.29 is 24.2 Å². The third-order valence-corrected chi connectivity index (χ3v) is 7.44. The monoisotopic (exact) mass is 478 g/mol. The average molecular weight is 479 g/mol. The van der Waals surface area contributed by atoms with E-state index in [1.165, 1.54) is 11.1 Å². The molecule has 2 amide bonds. The van der Waals surface area contributed by atoms with Crippen molar-refractivity contribution in [2.45, 2.75) is 45.6 Å². The lowest BCUT2D eigenvalue weighted by Gasteiger charge is -2.39. The van der Waals surface area contributed by atoms with Crippen LogP contribution in [0.3, 0.4) is 0 Å². The molecule has 1 aliphatic carbocycles. The summed E-state index contributed by atoms with van der Waals surface area (Å²) in [6, 6.07) is 16.2. The van der Waals surface area contributed by atoms with Gasteiger partial charge in [-0.1, -0.05) is 62.4 Å². The number of amides is 2. The number of aliphatic carboxylic acids is 1. The van der Waals surface area contributed by atoms with Gasteiger partial charge in [0, 0.05) is 25.0 Å². The molecule has 0 bridgehead atoms. The SMILES string of the molecule is CC(C)C(CNC(=O)OCC1c2ccccc2-c2ccccc21)C(=O)N1CC[C@@H](C(=O)O)C[C@H]1C. The van der Waals surface area contributed by atoms with Crippen LogP contribution in [-0.2, 0) is 14.3 Å². The number of hydrogen-bond donors (Lipinski definition) is 2. The van der Waals surface area contributed by atoms with Crippen LogP contribution in [0.2, 0.25) is 0 Å². The van der Waals surface area contributed by atoms with Gasteiger partial charge in [-0.05, 0) is 47.9 Å². The molecule has 2 aromatic rings. The molecule has 0 saturated carbocycles. The molecule has 7 heteroatoms. The van der Waals surface area contributed by atoms with Crippen LogP contribution in [0.1, 0.15) is 50.7 Å². The van der Waals surface area contributed by atoms with Gasteiger partial charge < -0.3 is 20.1 Å². The number of carbonyl (C=O) groups is 3. The van der Waals surface area contributed by atoms with Crippen molar-refractivity contribution in [1.29, 1.82) is 0 Å². The van der Waals surface area contributed by atoms with E-state index in [-0.39, 0.29) is 36.9 Å². The Kier molecular flexibility index (Phi) is 7.43. The number of likely N-dealkylation sites (tertiary alicyclic amines) is 1. The highest BCUT2D eigenvalue weighted by Crippen LogP contribution is 2.44. The summed E-state index contributed by atoms with van der Waals surface area (Å²) in [5, 5.41) is 12.1. The molecule has 1 unspecified atom stereocenters. The largest absolute Gasteiger partial charge is 0.481 e. The first-order valence-corrected chi connectivity index (χ1v) is 12.4. The van der Waals surface area contributed by atoms with E-state index >= 15 is 0 Å². The van der Waals surface area contributed by atoms with E-state index < -0.39 is 23.9 Å². The van der Waals surface area contributed by atoms with Gasteiger partial charge in [-0.3, -0.25) is 9.59 Å². The molecule has 1 fully saturated rings. The molecule has 1 heterocycles. The molecular formula is C28H34N2O5. The predicted molar refractivity (Wildman–Crippen MR) is 133 cm³/mol. The number of benzene rings is 2. The van der Waals surface area contributed by atoms with Gasteiger partial charge >= 0.3 is 12.1 Å². The first-order valence-electron chi connectivity index (χ1n) is 12.4. The highest BCUT2D eigenvalue weighted by atomic mass is 16.5. The van der Waals surface area contributed by atoms with Crippen molar-refractivity contribution in [2.75, 3.05) is 19.7 Å². The lowest BCUT2D eigenvalue weighted by Crippen LogP contribution is -2.51. The van der Waals surface area contributed by atoms with E-state index in [0.717, 1.165) is 11.1 Å². The summed E-state index contributed by atoms with van der Waals surface area (Å²) in [5.41, 5.74) is 4.64. The van der Waals surface area contributed by atoms with E-state index in [4.69, 9.17) is 4.74 Å². The summed E-state index contributed by atoms with van der Waals surface area (Å²) >= 11 is 0. The fourth-order valence-corrected chi connectivity index (χ4v) is 5.39. The van der Waals surface area contributed by atoms with Crippen LogP contribution in [-0.4, -0.2) is 53.7 Å². The van der Waals surface area contributed by atoms with E-state index in [1.54, 1.807) is 4.90 Å². The summed E-state index contributed by atoms with van der Waals surface area (Å²) in [4.78, 5) is 39.0. The number of carboxylic acid groups (broad SMARTS) is 1. The van der Waals surface area contributed by atoms with Crippen molar-refractivity contribution in [3.05, 3.63) is 59.7 Å². The molecule has 4 rings (SSSR count). The number of carbonyl (C=O) groups excluding carboxylic acids is 2. The Morgan fingerprint density at radius 1 is 1.06 bits per heavy atom. The average Bonchev–Trinajstić information content (AvgIpc) is 3.16. The molecule has 1 saturated heterocycles. The quantitative estimate of drug-likeness (QED) is 0.611. The summed E-state index contributed by atoms with van der Waals surface area (Å²) in [5.74, 6) is -1.67. The number of rotatable bonds is 7. The van der Waals surface area contributed by atoms with E-state index in [9.17, 15) is 19.5 Å². The van der Waals surface area contributed by atoms with Gasteiger partial charge in [0.25, 0.3) is 0 Å². The number of hydrogen-bond acceptors (Lipinski definition) is 4. The molecule has 0 radical (unpaired) electrons. The first kappa shape index (κ1) is 24.8. The molecule has 0 spiro atoms. The number of nitrogens with one attached hydrogen (secondary N) is 1. The van der Waals surface area contributed by atoms with Crippen molar-refractivity contribution in [3.8, 4) is 11.1 Å². The standard InChI is InChI=1S/C28H34N2O5/c1-17(2)24(26(31)30-13-12-19(27(32)33)14-18(30)3)15-29-28(34)35-16-25-22-10-6-4-8-20(22)21-9-5-7-11-23(21)25/h4-11,17-19,24-25H,12-16H2,1-3H3,(H,29,34)(H,32,33)/t18-,19-,24?/m1/s1. The van der Waals surface area contributed by atoms with Crippen molar-refractivity contribution in [3.63, 3.8) is 0 Å². The van der Waals surface area contributed by atoms with Gasteiger partial charge in [0.05, 0.1) is 11.8 Å². The Morgan fingerprint density at radius 2 is 1.66 bits per heavy atom. The zero-order valence-corrected chi connectivity index (χ0v) is 20.6. The fraction of sp³-hybridized carbons (Fsp3) is 0.464. The van der Waals surface area contributed by atoms with Gasteiger partial charge in [0.15, 0.2) is 0 Å². The Hall–Kier alpha value is -3.35. The summed E-state index contributed by atoms with van der Waals surface area (Å²) in [6.07, 6.45) is 0.366. The van der Waals surface area contributed by atoms with Crippen LogP contribution in [0, 0.1) is 17.8 Å². The number of piperidine rings is 1. The van der Waals surface area contributed by atoms with E-state index in [1.807, 2.05) is 45.0 Å². The minimum atomic E-state index is -0.804. The van der Waals surface area contributed by atoms with Gasteiger partial charge in [0.2, 0.25) is 5.91 Å². The maximum Gasteiger partial charge on any atom is 0.407 e. The third-order valence-electron chi connectivity index (χ3n) is 7.44. The minimum absolute atomic E-state index is 0.0146. The van der Waals surface area contributed by atoms with Crippen molar-refractivity contribution in [2.24, 2.45) is 17.8 Å². The van der Waals surface area contributed by atoms with Crippen molar-refractivity contribution >= 4 is 18.0 Å². The number of nitrogens with zero attached hydrogens (tertiary/aromatic N) is 1. The highest BCUT2D eigenvalue weighted by molar-refractivity contribution is 5.81. The molecule has 2 N–H and O–H groups in total. The first-order chi connectivity index (χ1) is 16.8. The smallest absolute Gasteiger partial charge is 0.407 e. The maximum absolute atomic E-state index is 13.3. The molecule has 2 aliphatic rings. The second kappa shape index (κ2) is 10.5. The Bertz CT molecular complexity index is 1050. The molecule has 186 valence electrons. The maximum atomic E-state index is 13.3. The number of ether oxygens (including phenoxy) is 1. The number of alkyl carbamates (subject to hydrolysis) is 1. The lowest BCUT2D eigenvalue weighted by atomic mass is 9.88. The zero-order chi connectivity index (χ0) is 25.1. The Balaban J connectivity index is 1.34. The summed E-state index contributed by atoms with van der Waals surface area (Å²) in [6.45, 7) is 6.63. The van der Waals surface area contributed by atoms with Crippen LogP contribution < -0.4 is 5.32 Å². The molecular weight excluding hydrogens is 444 g/mol. The summed E-state index contributed by atoms with van der Waals surface area (Å²) in [7, 11) is 0. The van der Waals surface area contributed by atoms with Crippen LogP contribution in [0.4, 0.5) is 4.79 Å².